The van der Waals surface area contributed by atoms with Gasteiger partial charge in [-0.3, -0.25) is 9.59 Å². The molecule has 210 valence electrons. The number of aromatic nitrogens is 4. The molecule has 2 aromatic heterocycles. The summed E-state index contributed by atoms with van der Waals surface area (Å²) in [5, 5.41) is 18.1. The number of nitriles is 1. The van der Waals surface area contributed by atoms with Crippen LogP contribution in [0.3, 0.4) is 0 Å². The average molecular weight is 559 g/mol. The molecule has 2 atom stereocenters. The van der Waals surface area contributed by atoms with Gasteiger partial charge in [0.05, 0.1) is 11.4 Å². The lowest BCUT2D eigenvalue weighted by Crippen LogP contribution is -2.31. The molecule has 10 heteroatoms. The number of allylic oxidation sites excluding steroid dienone is 1. The van der Waals surface area contributed by atoms with Crippen LogP contribution in [0.15, 0.2) is 72.6 Å². The normalized spacial score (nSPS) is 21.7. The maximum Gasteiger partial charge on any atom is 0.264 e. The zero-order valence-corrected chi connectivity index (χ0v) is 23.0. The van der Waals surface area contributed by atoms with E-state index < -0.39 is 0 Å². The van der Waals surface area contributed by atoms with Gasteiger partial charge in [-0.25, -0.2) is 14.6 Å². The minimum atomic E-state index is -0.194. The number of nitrogen functional groups attached to an aromatic ring is 1. The molecule has 2 aromatic carbocycles. The number of nitrogens with zero attached hydrogens (tertiary/aromatic N) is 6. The Morgan fingerprint density at radius 2 is 1.71 bits per heavy atom. The predicted octanol–water partition coefficient (Wildman–Crippen LogP) is 4.60. The number of amides is 2. The molecule has 2 unspecified atom stereocenters. The van der Waals surface area contributed by atoms with Crippen molar-refractivity contribution in [1.29, 1.82) is 5.26 Å². The first-order valence-corrected chi connectivity index (χ1v) is 14.3. The van der Waals surface area contributed by atoms with Crippen LogP contribution in [0.25, 0.3) is 22.3 Å². The number of nitrogens with one attached hydrogen (secondary N) is 1. The molecule has 3 heterocycles. The first-order valence-electron chi connectivity index (χ1n) is 14.3. The fraction of sp³-hybridized carbons (Fsp3) is 0.312. The van der Waals surface area contributed by atoms with E-state index in [0.29, 0.717) is 59.0 Å². The Balaban J connectivity index is 1.11. The summed E-state index contributed by atoms with van der Waals surface area (Å²) in [5.74, 6) is 1.08. The Morgan fingerprint density at radius 3 is 2.38 bits per heavy atom. The van der Waals surface area contributed by atoms with Crippen LogP contribution < -0.4 is 11.1 Å². The number of hydrogen-bond acceptors (Lipinski definition) is 7. The summed E-state index contributed by atoms with van der Waals surface area (Å²) < 4.78 is 1.97. The maximum absolute atomic E-state index is 13.0. The van der Waals surface area contributed by atoms with Gasteiger partial charge in [0.1, 0.15) is 29.5 Å². The van der Waals surface area contributed by atoms with Crippen molar-refractivity contribution in [2.24, 2.45) is 17.8 Å². The van der Waals surface area contributed by atoms with E-state index in [-0.39, 0.29) is 23.4 Å². The number of anilines is 2. The second kappa shape index (κ2) is 10.4. The number of benzene rings is 2. The van der Waals surface area contributed by atoms with Crippen LogP contribution >= 0.6 is 0 Å². The Morgan fingerprint density at radius 1 is 1.00 bits per heavy atom. The molecule has 1 aliphatic heterocycles. The van der Waals surface area contributed by atoms with Crippen LogP contribution in [0.5, 0.6) is 0 Å². The first-order chi connectivity index (χ1) is 20.5. The zero-order chi connectivity index (χ0) is 28.8. The highest BCUT2D eigenvalue weighted by Gasteiger charge is 2.44. The standard InChI is InChI=1S/C32H30N8O2/c33-15-22(12-19-6-7-19)32(42)39-16-23-13-26(14-24(23)17-39)40-30-27(29(34)35-18-36-30)28(38-40)20-8-10-21(11-9-20)31(41)37-25-4-2-1-3-5-25/h1-5,8-12,18-19,23-24,26H,6-7,13-14,16-17H2,(H,37,41)(H2,34,35,36). The van der Waals surface area contributed by atoms with Crippen LogP contribution in [0.4, 0.5) is 11.5 Å². The molecular weight excluding hydrogens is 528 g/mol. The highest BCUT2D eigenvalue weighted by atomic mass is 16.2. The molecule has 2 aliphatic carbocycles. The monoisotopic (exact) mass is 558 g/mol. The van der Waals surface area contributed by atoms with Crippen molar-refractivity contribution in [3.8, 4) is 17.3 Å². The molecule has 42 heavy (non-hydrogen) atoms. The summed E-state index contributed by atoms with van der Waals surface area (Å²) in [6, 6.07) is 18.8. The van der Waals surface area contributed by atoms with E-state index >= 15 is 0 Å². The maximum atomic E-state index is 13.0. The second-order valence-electron chi connectivity index (χ2n) is 11.5. The lowest BCUT2D eigenvalue weighted by molar-refractivity contribution is -0.126. The number of rotatable bonds is 6. The van der Waals surface area contributed by atoms with Gasteiger partial charge < -0.3 is 16.0 Å². The van der Waals surface area contributed by atoms with E-state index in [1.54, 1.807) is 12.1 Å². The van der Waals surface area contributed by atoms with E-state index in [1.807, 2.05) is 58.1 Å². The highest BCUT2D eigenvalue weighted by Crippen LogP contribution is 2.46. The van der Waals surface area contributed by atoms with Crippen LogP contribution in [0, 0.1) is 29.1 Å². The van der Waals surface area contributed by atoms with E-state index in [2.05, 4.69) is 21.4 Å². The minimum absolute atomic E-state index is 0.108. The van der Waals surface area contributed by atoms with Gasteiger partial charge in [0, 0.05) is 29.9 Å². The quantitative estimate of drug-likeness (QED) is 0.260. The van der Waals surface area contributed by atoms with Crippen molar-refractivity contribution >= 4 is 34.4 Å². The highest BCUT2D eigenvalue weighted by molar-refractivity contribution is 6.05. The SMILES string of the molecule is N#CC(=CC1CC1)C(=O)N1CC2CC(n3nc(-c4ccc(C(=O)Nc5ccccc5)cc4)c4c(N)ncnc43)CC2C1. The van der Waals surface area contributed by atoms with Crippen LogP contribution in [0.2, 0.25) is 0 Å². The van der Waals surface area contributed by atoms with Crippen molar-refractivity contribution in [1.82, 2.24) is 24.6 Å². The van der Waals surface area contributed by atoms with Crippen LogP contribution in [-0.2, 0) is 4.79 Å². The Hall–Kier alpha value is -5.04. The van der Waals surface area contributed by atoms with Gasteiger partial charge >= 0.3 is 0 Å². The van der Waals surface area contributed by atoms with Gasteiger partial charge in [-0.05, 0) is 67.7 Å². The number of fused-ring (bicyclic) bond motifs is 2. The van der Waals surface area contributed by atoms with Crippen LogP contribution in [0.1, 0.15) is 42.1 Å². The number of hydrogen-bond donors (Lipinski definition) is 2. The summed E-state index contributed by atoms with van der Waals surface area (Å²) in [7, 11) is 0. The topological polar surface area (TPSA) is 143 Å². The molecule has 3 fully saturated rings. The van der Waals surface area contributed by atoms with Gasteiger partial charge in [-0.1, -0.05) is 36.4 Å². The number of para-hydroxylation sites is 1. The average Bonchev–Trinajstić information content (AvgIpc) is 3.41. The summed E-state index contributed by atoms with van der Waals surface area (Å²) in [6.45, 7) is 1.30. The van der Waals surface area contributed by atoms with Gasteiger partial charge in [-0.2, -0.15) is 10.4 Å². The summed E-state index contributed by atoms with van der Waals surface area (Å²) in [4.78, 5) is 36.4. The summed E-state index contributed by atoms with van der Waals surface area (Å²) in [6.07, 6.45) is 7.16. The molecule has 2 saturated carbocycles. The Kier molecular flexibility index (Phi) is 6.42. The molecule has 0 bridgehead atoms. The Labute approximate surface area is 242 Å². The third-order valence-corrected chi connectivity index (χ3v) is 8.70. The van der Waals surface area contributed by atoms with Gasteiger partial charge in [-0.15, -0.1) is 0 Å². The summed E-state index contributed by atoms with van der Waals surface area (Å²) in [5.41, 5.74) is 10.1. The minimum Gasteiger partial charge on any atom is -0.383 e. The molecule has 3 aliphatic rings. The number of likely N-dealkylation sites (tertiary alicyclic amines) is 1. The molecule has 3 N–H and O–H groups in total. The lowest BCUT2D eigenvalue weighted by atomic mass is 10.0. The molecule has 0 spiro atoms. The first kappa shape index (κ1) is 25.9. The van der Waals surface area contributed by atoms with E-state index in [9.17, 15) is 14.9 Å². The molecule has 0 radical (unpaired) electrons. The predicted molar refractivity (Wildman–Crippen MR) is 158 cm³/mol. The van der Waals surface area contributed by atoms with E-state index in [0.717, 1.165) is 36.9 Å². The third-order valence-electron chi connectivity index (χ3n) is 8.70. The number of nitrogens with two attached hydrogens (primary N) is 1. The van der Waals surface area contributed by atoms with Gasteiger partial charge in [0.25, 0.3) is 11.8 Å². The smallest absolute Gasteiger partial charge is 0.264 e. The van der Waals surface area contributed by atoms with Gasteiger partial charge in [0.15, 0.2) is 5.65 Å². The molecule has 1 saturated heterocycles. The van der Waals surface area contributed by atoms with Crippen molar-refractivity contribution in [2.75, 3.05) is 24.1 Å². The molecule has 10 nitrogen and oxygen atoms in total. The van der Waals surface area contributed by atoms with Crippen molar-refractivity contribution in [2.45, 2.75) is 31.7 Å². The van der Waals surface area contributed by atoms with E-state index in [1.165, 1.54) is 6.33 Å². The lowest BCUT2D eigenvalue weighted by Gasteiger charge is -2.19. The van der Waals surface area contributed by atoms with Crippen molar-refractivity contribution in [3.05, 3.63) is 78.1 Å². The zero-order valence-electron chi connectivity index (χ0n) is 23.0. The van der Waals surface area contributed by atoms with Gasteiger partial charge in [0.2, 0.25) is 0 Å². The van der Waals surface area contributed by atoms with Crippen molar-refractivity contribution in [3.63, 3.8) is 0 Å². The fourth-order valence-corrected chi connectivity index (χ4v) is 6.42. The third kappa shape index (κ3) is 4.77. The number of carbonyl (C=O) groups is 2. The molecular formula is C32H30N8O2. The second-order valence-corrected chi connectivity index (χ2v) is 11.5. The number of carbonyl (C=O) groups excluding carboxylic acids is 2. The molecule has 2 amide bonds. The van der Waals surface area contributed by atoms with Crippen molar-refractivity contribution < 1.29 is 9.59 Å². The fourth-order valence-electron chi connectivity index (χ4n) is 6.42. The Bertz CT molecular complexity index is 1740. The molecule has 7 rings (SSSR count). The largest absolute Gasteiger partial charge is 0.383 e. The van der Waals surface area contributed by atoms with E-state index in [4.69, 9.17) is 10.8 Å². The summed E-state index contributed by atoms with van der Waals surface area (Å²) >= 11 is 0. The molecule has 4 aromatic rings. The van der Waals surface area contributed by atoms with Crippen LogP contribution in [-0.4, -0.2) is 49.6 Å².